The van der Waals surface area contributed by atoms with Crippen LogP contribution in [-0.4, -0.2) is 44.4 Å². The minimum absolute atomic E-state index is 0.161. The number of hydrogen-bond donors (Lipinski definition) is 1. The first-order valence-electron chi connectivity index (χ1n) is 10.4. The number of aryl methyl sites for hydroxylation is 1. The number of amides is 1. The van der Waals surface area contributed by atoms with Crippen LogP contribution in [0.25, 0.3) is 0 Å². The highest BCUT2D eigenvalue weighted by molar-refractivity contribution is 7.89. The highest BCUT2D eigenvalue weighted by atomic mass is 32.2. The Balaban J connectivity index is 1.63. The van der Waals surface area contributed by atoms with Crippen molar-refractivity contribution in [1.29, 1.82) is 0 Å². The first-order chi connectivity index (χ1) is 14.3. The zero-order chi connectivity index (χ0) is 21.7. The summed E-state index contributed by atoms with van der Waals surface area (Å²) < 4.78 is 33.2. The van der Waals surface area contributed by atoms with Crippen molar-refractivity contribution in [3.8, 4) is 5.75 Å². The number of ether oxygens (including phenoxy) is 1. The highest BCUT2D eigenvalue weighted by Gasteiger charge is 2.28. The molecule has 1 saturated heterocycles. The van der Waals surface area contributed by atoms with Gasteiger partial charge in [-0.1, -0.05) is 31.2 Å². The van der Waals surface area contributed by atoms with E-state index in [1.54, 1.807) is 18.2 Å². The van der Waals surface area contributed by atoms with Gasteiger partial charge in [-0.15, -0.1) is 0 Å². The Morgan fingerprint density at radius 1 is 1.17 bits per heavy atom. The molecule has 1 atom stereocenters. The van der Waals surface area contributed by atoms with Crippen molar-refractivity contribution in [3.05, 3.63) is 59.7 Å². The third kappa shape index (κ3) is 5.40. The number of hydrogen-bond acceptors (Lipinski definition) is 4. The number of nitrogens with one attached hydrogen (secondary N) is 1. The zero-order valence-corrected chi connectivity index (χ0v) is 18.6. The number of nitrogens with zero attached hydrogens (tertiary/aromatic N) is 1. The van der Waals surface area contributed by atoms with Crippen LogP contribution in [0, 0.1) is 12.8 Å². The summed E-state index contributed by atoms with van der Waals surface area (Å²) in [5, 5.41) is 2.88. The van der Waals surface area contributed by atoms with Gasteiger partial charge in [0.25, 0.3) is 5.91 Å². The molecule has 162 valence electrons. The molecule has 1 unspecified atom stereocenters. The maximum Gasteiger partial charge on any atom is 0.251 e. The molecule has 0 bridgehead atoms. The van der Waals surface area contributed by atoms with E-state index in [9.17, 15) is 13.2 Å². The van der Waals surface area contributed by atoms with Crippen LogP contribution < -0.4 is 10.1 Å². The van der Waals surface area contributed by atoms with E-state index < -0.39 is 10.0 Å². The van der Waals surface area contributed by atoms with Crippen molar-refractivity contribution >= 4 is 15.9 Å². The zero-order valence-electron chi connectivity index (χ0n) is 17.8. The summed E-state index contributed by atoms with van der Waals surface area (Å²) in [5.74, 6) is 1.000. The van der Waals surface area contributed by atoms with Gasteiger partial charge in [-0.3, -0.25) is 4.79 Å². The lowest BCUT2D eigenvalue weighted by Crippen LogP contribution is -2.38. The Kier molecular flexibility index (Phi) is 7.15. The quantitative estimate of drug-likeness (QED) is 0.728. The smallest absolute Gasteiger partial charge is 0.251 e. The minimum Gasteiger partial charge on any atom is -0.491 e. The van der Waals surface area contributed by atoms with E-state index in [-0.39, 0.29) is 16.8 Å². The van der Waals surface area contributed by atoms with Gasteiger partial charge in [0, 0.05) is 18.7 Å². The second kappa shape index (κ2) is 9.62. The molecule has 3 rings (SSSR count). The minimum atomic E-state index is -3.59. The summed E-state index contributed by atoms with van der Waals surface area (Å²) in [4.78, 5) is 12.8. The number of rotatable bonds is 7. The van der Waals surface area contributed by atoms with E-state index >= 15 is 0 Å². The molecule has 1 heterocycles. The van der Waals surface area contributed by atoms with Crippen LogP contribution in [0.15, 0.2) is 53.4 Å². The second-order valence-corrected chi connectivity index (χ2v) is 10.0. The van der Waals surface area contributed by atoms with E-state index in [1.165, 1.54) is 10.4 Å². The fourth-order valence-electron chi connectivity index (χ4n) is 3.45. The molecule has 6 nitrogen and oxygen atoms in total. The van der Waals surface area contributed by atoms with Crippen molar-refractivity contribution in [2.24, 2.45) is 5.92 Å². The summed E-state index contributed by atoms with van der Waals surface area (Å²) >= 11 is 0. The molecule has 1 aliphatic heterocycles. The topological polar surface area (TPSA) is 75.7 Å². The lowest BCUT2D eigenvalue weighted by Gasteiger charge is -2.29. The van der Waals surface area contributed by atoms with Gasteiger partial charge in [0.05, 0.1) is 10.9 Å². The molecule has 7 heteroatoms. The van der Waals surface area contributed by atoms with E-state index in [1.807, 2.05) is 38.1 Å². The van der Waals surface area contributed by atoms with Crippen LogP contribution in [0.2, 0.25) is 0 Å². The number of piperidine rings is 1. The van der Waals surface area contributed by atoms with Gasteiger partial charge in [-0.25, -0.2) is 8.42 Å². The monoisotopic (exact) mass is 430 g/mol. The lowest BCUT2D eigenvalue weighted by molar-refractivity contribution is 0.0926. The van der Waals surface area contributed by atoms with Crippen molar-refractivity contribution in [1.82, 2.24) is 9.62 Å². The lowest BCUT2D eigenvalue weighted by atomic mass is 10.0. The van der Waals surface area contributed by atoms with Gasteiger partial charge in [0.1, 0.15) is 12.4 Å². The Labute approximate surface area is 179 Å². The van der Waals surface area contributed by atoms with Gasteiger partial charge in [0.2, 0.25) is 10.0 Å². The standard InChI is InChI=1S/C23H30N2O4S/c1-17-11-13-25(14-12-17)30(27,28)21-9-6-8-20(15-21)23(26)24-19(3)16-29-22-10-5-4-7-18(22)2/h4-10,15,17,19H,11-14,16H2,1-3H3,(H,24,26). The SMILES string of the molecule is Cc1ccccc1OCC(C)NC(=O)c1cccc(S(=O)(=O)N2CCC(C)CC2)c1. The summed E-state index contributed by atoms with van der Waals surface area (Å²) in [6.07, 6.45) is 1.72. The average molecular weight is 431 g/mol. The van der Waals surface area contributed by atoms with Crippen molar-refractivity contribution < 1.29 is 17.9 Å². The number of sulfonamides is 1. The highest BCUT2D eigenvalue weighted by Crippen LogP contribution is 2.24. The predicted molar refractivity (Wildman–Crippen MR) is 117 cm³/mol. The summed E-state index contributed by atoms with van der Waals surface area (Å²) in [7, 11) is -3.59. The molecule has 0 saturated carbocycles. The Morgan fingerprint density at radius 2 is 1.87 bits per heavy atom. The molecule has 2 aromatic rings. The first-order valence-corrected chi connectivity index (χ1v) is 11.8. The van der Waals surface area contributed by atoms with Gasteiger partial charge in [-0.05, 0) is 62.4 Å². The molecule has 30 heavy (non-hydrogen) atoms. The van der Waals surface area contributed by atoms with Crippen molar-refractivity contribution in [2.75, 3.05) is 19.7 Å². The summed E-state index contributed by atoms with van der Waals surface area (Å²) in [5.41, 5.74) is 1.35. The van der Waals surface area contributed by atoms with Crippen molar-refractivity contribution in [2.45, 2.75) is 44.6 Å². The van der Waals surface area contributed by atoms with Gasteiger partial charge in [0.15, 0.2) is 0 Å². The van der Waals surface area contributed by atoms with Crippen LogP contribution in [0.3, 0.4) is 0 Å². The van der Waals surface area contributed by atoms with Crippen LogP contribution in [0.5, 0.6) is 5.75 Å². The van der Waals surface area contributed by atoms with E-state index in [4.69, 9.17) is 4.74 Å². The number of carbonyl (C=O) groups excluding carboxylic acids is 1. The molecular weight excluding hydrogens is 400 g/mol. The summed E-state index contributed by atoms with van der Waals surface area (Å²) in [6, 6.07) is 13.7. The van der Waals surface area contributed by atoms with E-state index in [0.29, 0.717) is 31.2 Å². The average Bonchev–Trinajstić information content (AvgIpc) is 2.73. The predicted octanol–water partition coefficient (Wildman–Crippen LogP) is 3.61. The number of para-hydroxylation sites is 1. The number of benzene rings is 2. The molecule has 1 fully saturated rings. The molecule has 0 aromatic heterocycles. The second-order valence-electron chi connectivity index (χ2n) is 8.07. The molecule has 0 aliphatic carbocycles. The maximum absolute atomic E-state index is 13.0. The molecule has 2 aromatic carbocycles. The largest absolute Gasteiger partial charge is 0.491 e. The van der Waals surface area contributed by atoms with Gasteiger partial charge >= 0.3 is 0 Å². The van der Waals surface area contributed by atoms with E-state index in [0.717, 1.165) is 24.2 Å². The Morgan fingerprint density at radius 3 is 2.57 bits per heavy atom. The Bertz CT molecular complexity index is 982. The normalized spacial score (nSPS) is 16.8. The first kappa shape index (κ1) is 22.3. The van der Waals surface area contributed by atoms with E-state index in [2.05, 4.69) is 12.2 Å². The van der Waals surface area contributed by atoms with Gasteiger partial charge < -0.3 is 10.1 Å². The molecular formula is C23H30N2O4S. The van der Waals surface area contributed by atoms with Crippen LogP contribution in [0.1, 0.15) is 42.6 Å². The van der Waals surface area contributed by atoms with Crippen molar-refractivity contribution in [3.63, 3.8) is 0 Å². The third-order valence-corrected chi connectivity index (χ3v) is 7.33. The van der Waals surface area contributed by atoms with Gasteiger partial charge in [-0.2, -0.15) is 4.31 Å². The maximum atomic E-state index is 13.0. The third-order valence-electron chi connectivity index (χ3n) is 5.44. The molecule has 1 N–H and O–H groups in total. The fraction of sp³-hybridized carbons (Fsp3) is 0.435. The Hall–Kier alpha value is -2.38. The number of carbonyl (C=O) groups is 1. The van der Waals surface area contributed by atoms with Crippen LogP contribution >= 0.6 is 0 Å². The van der Waals surface area contributed by atoms with Crippen LogP contribution in [0.4, 0.5) is 0 Å². The molecule has 1 amide bonds. The molecule has 1 aliphatic rings. The van der Waals surface area contributed by atoms with Crippen LogP contribution in [-0.2, 0) is 10.0 Å². The molecule has 0 radical (unpaired) electrons. The summed E-state index contributed by atoms with van der Waals surface area (Å²) in [6.45, 7) is 7.32. The molecule has 0 spiro atoms. The fourth-order valence-corrected chi connectivity index (χ4v) is 4.97.